The number of nitrogens with zero attached hydrogens (tertiary/aromatic N) is 2. The van der Waals surface area contributed by atoms with Crippen LogP contribution in [0.1, 0.15) is 11.7 Å². The van der Waals surface area contributed by atoms with Gasteiger partial charge in [-0.25, -0.2) is 0 Å². The molecule has 22 heavy (non-hydrogen) atoms. The Labute approximate surface area is 132 Å². The van der Waals surface area contributed by atoms with Crippen LogP contribution in [0.3, 0.4) is 0 Å². The van der Waals surface area contributed by atoms with Crippen LogP contribution in [0.25, 0.3) is 0 Å². The maximum atomic E-state index is 5.24. The first-order valence-corrected chi connectivity index (χ1v) is 7.60. The summed E-state index contributed by atoms with van der Waals surface area (Å²) < 4.78 is 5.24. The zero-order chi connectivity index (χ0) is 15.5. The molecular weight excluding hydrogens is 274 g/mol. The fourth-order valence-electron chi connectivity index (χ4n) is 2.87. The Kier molecular flexibility index (Phi) is 4.20. The minimum Gasteiger partial charge on any atom is -0.497 e. The minimum atomic E-state index is 0.219. The van der Waals surface area contributed by atoms with Crippen molar-refractivity contribution in [1.29, 1.82) is 0 Å². The van der Waals surface area contributed by atoms with E-state index in [1.165, 1.54) is 16.9 Å². The monoisotopic (exact) mass is 297 g/mol. The molecule has 0 amide bonds. The third-order valence-electron chi connectivity index (χ3n) is 4.13. The molecule has 116 valence electrons. The van der Waals surface area contributed by atoms with E-state index < -0.39 is 0 Å². The van der Waals surface area contributed by atoms with Crippen molar-refractivity contribution in [3.8, 4) is 5.75 Å². The third-order valence-corrected chi connectivity index (χ3v) is 4.13. The molecule has 1 aliphatic rings. The largest absolute Gasteiger partial charge is 0.497 e. The fraction of sp³-hybridized carbons (Fsp3) is 0.333. The summed E-state index contributed by atoms with van der Waals surface area (Å²) in [6, 6.07) is 17.0. The molecule has 1 fully saturated rings. The van der Waals surface area contributed by atoms with E-state index in [-0.39, 0.29) is 6.17 Å². The molecule has 4 nitrogen and oxygen atoms in total. The number of hydrogen-bond acceptors (Lipinski definition) is 4. The highest BCUT2D eigenvalue weighted by atomic mass is 16.5. The number of anilines is 2. The Morgan fingerprint density at radius 1 is 1.05 bits per heavy atom. The second-order valence-corrected chi connectivity index (χ2v) is 5.73. The molecule has 2 aromatic carbocycles. The normalized spacial score (nSPS) is 17.6. The molecule has 0 aliphatic carbocycles. The average molecular weight is 297 g/mol. The molecule has 1 atom stereocenters. The van der Waals surface area contributed by atoms with Gasteiger partial charge >= 0.3 is 0 Å². The molecule has 1 heterocycles. The van der Waals surface area contributed by atoms with Crippen molar-refractivity contribution in [2.75, 3.05) is 44.1 Å². The highest BCUT2D eigenvalue weighted by Crippen LogP contribution is 2.30. The second-order valence-electron chi connectivity index (χ2n) is 5.73. The molecule has 1 saturated heterocycles. The van der Waals surface area contributed by atoms with Crippen molar-refractivity contribution in [2.24, 2.45) is 0 Å². The molecule has 0 radical (unpaired) electrons. The van der Waals surface area contributed by atoms with E-state index in [1.54, 1.807) is 7.11 Å². The predicted octanol–water partition coefficient (Wildman–Crippen LogP) is 2.87. The molecule has 0 bridgehead atoms. The second kappa shape index (κ2) is 6.28. The van der Waals surface area contributed by atoms with Crippen LogP contribution in [0.5, 0.6) is 5.75 Å². The van der Waals surface area contributed by atoms with Crippen molar-refractivity contribution < 1.29 is 4.74 Å². The molecule has 0 saturated carbocycles. The fourth-order valence-corrected chi connectivity index (χ4v) is 2.87. The molecule has 1 aliphatic heterocycles. The van der Waals surface area contributed by atoms with Crippen LogP contribution in [0.2, 0.25) is 0 Å². The number of hydrogen-bond donors (Lipinski definition) is 1. The lowest BCUT2D eigenvalue weighted by Gasteiger charge is -2.27. The van der Waals surface area contributed by atoms with Gasteiger partial charge in [0.05, 0.1) is 7.11 Å². The number of nitrogens with one attached hydrogen (secondary N) is 1. The van der Waals surface area contributed by atoms with Gasteiger partial charge in [0.1, 0.15) is 11.9 Å². The first kappa shape index (κ1) is 14.7. The third kappa shape index (κ3) is 2.88. The quantitative estimate of drug-likeness (QED) is 0.939. The van der Waals surface area contributed by atoms with Gasteiger partial charge in [-0.3, -0.25) is 5.32 Å². The van der Waals surface area contributed by atoms with Crippen molar-refractivity contribution in [3.05, 3.63) is 54.1 Å². The highest BCUT2D eigenvalue weighted by molar-refractivity contribution is 5.57. The Balaban J connectivity index is 1.82. The van der Waals surface area contributed by atoms with E-state index in [9.17, 15) is 0 Å². The lowest BCUT2D eigenvalue weighted by Crippen LogP contribution is -2.27. The highest BCUT2D eigenvalue weighted by Gasteiger charge is 2.25. The lowest BCUT2D eigenvalue weighted by molar-refractivity contribution is 0.414. The summed E-state index contributed by atoms with van der Waals surface area (Å²) in [5.74, 6) is 0.892. The molecule has 2 aromatic rings. The summed E-state index contributed by atoms with van der Waals surface area (Å²) in [5.41, 5.74) is 3.73. The maximum absolute atomic E-state index is 5.24. The van der Waals surface area contributed by atoms with E-state index in [0.29, 0.717) is 0 Å². The van der Waals surface area contributed by atoms with Gasteiger partial charge < -0.3 is 14.5 Å². The van der Waals surface area contributed by atoms with Gasteiger partial charge in [-0.05, 0) is 42.0 Å². The van der Waals surface area contributed by atoms with Gasteiger partial charge in [0, 0.05) is 38.6 Å². The van der Waals surface area contributed by atoms with Gasteiger partial charge in [-0.2, -0.15) is 0 Å². The standard InChI is InChI=1S/C18H23N3O/c1-20(2)15-6-8-16(9-7-15)21-13-12-19-18(21)14-4-10-17(22-3)11-5-14/h4-11,18-19H,12-13H2,1-3H3. The van der Waals surface area contributed by atoms with Crippen LogP contribution in [0.4, 0.5) is 11.4 Å². The summed E-state index contributed by atoms with van der Waals surface area (Å²) in [6.07, 6.45) is 0.219. The van der Waals surface area contributed by atoms with Crippen LogP contribution < -0.4 is 19.9 Å². The van der Waals surface area contributed by atoms with E-state index >= 15 is 0 Å². The first-order valence-electron chi connectivity index (χ1n) is 7.60. The molecule has 0 aromatic heterocycles. The van der Waals surface area contributed by atoms with Gasteiger partial charge in [-0.1, -0.05) is 12.1 Å². The first-order chi connectivity index (χ1) is 10.7. The molecule has 1 N–H and O–H groups in total. The van der Waals surface area contributed by atoms with Gasteiger partial charge in [0.2, 0.25) is 0 Å². The summed E-state index contributed by atoms with van der Waals surface area (Å²) in [4.78, 5) is 4.52. The van der Waals surface area contributed by atoms with Gasteiger partial charge in [-0.15, -0.1) is 0 Å². The van der Waals surface area contributed by atoms with E-state index in [4.69, 9.17) is 4.74 Å². The Bertz CT molecular complexity index is 607. The number of benzene rings is 2. The van der Waals surface area contributed by atoms with Crippen LogP contribution >= 0.6 is 0 Å². The van der Waals surface area contributed by atoms with Crippen molar-refractivity contribution >= 4 is 11.4 Å². The van der Waals surface area contributed by atoms with E-state index in [1.807, 2.05) is 12.1 Å². The van der Waals surface area contributed by atoms with E-state index in [2.05, 4.69) is 65.6 Å². The average Bonchev–Trinajstić information content (AvgIpc) is 3.04. The summed E-state index contributed by atoms with van der Waals surface area (Å²) >= 11 is 0. The van der Waals surface area contributed by atoms with Crippen molar-refractivity contribution in [1.82, 2.24) is 5.32 Å². The lowest BCUT2D eigenvalue weighted by atomic mass is 10.1. The van der Waals surface area contributed by atoms with Gasteiger partial charge in [0.15, 0.2) is 0 Å². The summed E-state index contributed by atoms with van der Waals surface area (Å²) in [5, 5.41) is 3.57. The Morgan fingerprint density at radius 2 is 1.73 bits per heavy atom. The van der Waals surface area contributed by atoms with Crippen LogP contribution in [0, 0.1) is 0 Å². The molecule has 3 rings (SSSR count). The topological polar surface area (TPSA) is 27.7 Å². The zero-order valence-corrected chi connectivity index (χ0v) is 13.4. The summed E-state index contributed by atoms with van der Waals surface area (Å²) in [7, 11) is 5.82. The van der Waals surface area contributed by atoms with Crippen molar-refractivity contribution in [2.45, 2.75) is 6.17 Å². The number of ether oxygens (including phenoxy) is 1. The number of rotatable bonds is 4. The molecule has 4 heteroatoms. The van der Waals surface area contributed by atoms with E-state index in [0.717, 1.165) is 18.8 Å². The summed E-state index contributed by atoms with van der Waals surface area (Å²) in [6.45, 7) is 2.00. The SMILES string of the molecule is COc1ccc(C2NCCN2c2ccc(N(C)C)cc2)cc1. The Hall–Kier alpha value is -2.20. The molecule has 1 unspecified atom stereocenters. The maximum Gasteiger partial charge on any atom is 0.118 e. The molecule has 0 spiro atoms. The van der Waals surface area contributed by atoms with Crippen LogP contribution in [0.15, 0.2) is 48.5 Å². The Morgan fingerprint density at radius 3 is 2.32 bits per heavy atom. The smallest absolute Gasteiger partial charge is 0.118 e. The van der Waals surface area contributed by atoms with Gasteiger partial charge in [0.25, 0.3) is 0 Å². The molecular formula is C18H23N3O. The number of methoxy groups -OCH3 is 1. The van der Waals surface area contributed by atoms with Crippen molar-refractivity contribution in [3.63, 3.8) is 0 Å². The minimum absolute atomic E-state index is 0.219. The van der Waals surface area contributed by atoms with Crippen LogP contribution in [-0.2, 0) is 0 Å². The predicted molar refractivity (Wildman–Crippen MR) is 91.9 cm³/mol. The zero-order valence-electron chi connectivity index (χ0n) is 13.4. The van der Waals surface area contributed by atoms with Crippen LogP contribution in [-0.4, -0.2) is 34.3 Å².